The number of benzene rings is 2. The molecule has 0 saturated carbocycles. The lowest BCUT2D eigenvalue weighted by Gasteiger charge is -2.35. The quantitative estimate of drug-likeness (QED) is 0.525. The number of carbonyl (C=O) groups is 2. The van der Waals surface area contributed by atoms with Crippen LogP contribution < -0.4 is 4.90 Å². The minimum absolute atomic E-state index is 0.119. The molecule has 0 spiro atoms. The van der Waals surface area contributed by atoms with E-state index in [-0.39, 0.29) is 11.9 Å². The van der Waals surface area contributed by atoms with Crippen LogP contribution in [-0.2, 0) is 11.3 Å². The summed E-state index contributed by atoms with van der Waals surface area (Å²) in [4.78, 5) is 28.2. The fourth-order valence-corrected chi connectivity index (χ4v) is 3.34. The van der Waals surface area contributed by atoms with Crippen molar-refractivity contribution in [1.82, 2.24) is 4.90 Å². The van der Waals surface area contributed by atoms with Crippen LogP contribution in [0.15, 0.2) is 46.9 Å². The van der Waals surface area contributed by atoms with Gasteiger partial charge in [-0.1, -0.05) is 73.0 Å². The average Bonchev–Trinajstić information content (AvgIpc) is 2.68. The van der Waals surface area contributed by atoms with Crippen LogP contribution in [0.1, 0.15) is 50.3 Å². The van der Waals surface area contributed by atoms with Crippen molar-refractivity contribution in [2.45, 2.75) is 54.0 Å². The first-order valence-electron chi connectivity index (χ1n) is 10.2. The van der Waals surface area contributed by atoms with E-state index >= 15 is 0 Å². The van der Waals surface area contributed by atoms with Crippen molar-refractivity contribution in [3.8, 4) is 0 Å². The first kappa shape index (κ1) is 23.1. The van der Waals surface area contributed by atoms with Crippen LogP contribution >= 0.6 is 15.9 Å². The molecule has 156 valence electrons. The highest BCUT2D eigenvalue weighted by Crippen LogP contribution is 2.27. The van der Waals surface area contributed by atoms with E-state index in [4.69, 9.17) is 0 Å². The molecule has 0 atom stereocenters. The predicted octanol–water partition coefficient (Wildman–Crippen LogP) is 6.48. The molecule has 4 nitrogen and oxygen atoms in total. The van der Waals surface area contributed by atoms with E-state index in [2.05, 4.69) is 36.7 Å². The van der Waals surface area contributed by atoms with Gasteiger partial charge in [-0.05, 0) is 49.1 Å². The third-order valence-corrected chi connectivity index (χ3v) is 5.53. The molecule has 29 heavy (non-hydrogen) atoms. The summed E-state index contributed by atoms with van der Waals surface area (Å²) in [5, 5.41) is 0. The zero-order valence-electron chi connectivity index (χ0n) is 18.0. The van der Waals surface area contributed by atoms with Gasteiger partial charge in [-0.15, -0.1) is 0 Å². The summed E-state index contributed by atoms with van der Waals surface area (Å²) in [5.41, 5.74) is 3.96. The molecule has 0 N–H and O–H groups in total. The van der Waals surface area contributed by atoms with Crippen LogP contribution in [0.3, 0.4) is 0 Å². The van der Waals surface area contributed by atoms with Gasteiger partial charge in [0.2, 0.25) is 5.91 Å². The topological polar surface area (TPSA) is 40.6 Å². The number of hydrogen-bond donors (Lipinski definition) is 0. The number of hydrogen-bond acceptors (Lipinski definition) is 2. The molecule has 1 saturated heterocycles. The fourth-order valence-electron chi connectivity index (χ4n) is 2.87. The third kappa shape index (κ3) is 6.43. The summed E-state index contributed by atoms with van der Waals surface area (Å²) in [7, 11) is 0. The summed E-state index contributed by atoms with van der Waals surface area (Å²) >= 11 is 3.44. The van der Waals surface area contributed by atoms with Crippen LogP contribution in [0.2, 0.25) is 0 Å². The van der Waals surface area contributed by atoms with E-state index in [9.17, 15) is 9.59 Å². The van der Waals surface area contributed by atoms with Crippen LogP contribution in [-0.4, -0.2) is 23.4 Å². The normalized spacial score (nSPS) is 14.2. The molecule has 1 fully saturated rings. The van der Waals surface area contributed by atoms with Gasteiger partial charge >= 0.3 is 6.03 Å². The molecule has 3 amide bonds. The Bertz CT molecular complexity index is 846. The Labute approximate surface area is 183 Å². The molecule has 1 heterocycles. The highest BCUT2D eigenvalue weighted by molar-refractivity contribution is 9.10. The van der Waals surface area contributed by atoms with Gasteiger partial charge in [-0.3, -0.25) is 14.6 Å². The number of carbonyl (C=O) groups excluding carboxylic acids is 2. The smallest absolute Gasteiger partial charge is 0.293 e. The molecule has 0 bridgehead atoms. The minimum Gasteiger partial charge on any atom is -0.293 e. The molecule has 5 heteroatoms. The standard InChI is InChI=1S/C19H19BrN2O2.C5H12/c1-13-3-5-15(6-4-13)12-22-18(23)9-10-21(19(22)24)17-8-7-16(20)11-14(17)2;1-4-5(2)3/h3-8,11H,9-10,12H2,1-2H3;5H,4H2,1-3H3. The maximum absolute atomic E-state index is 12.9. The van der Waals surface area contributed by atoms with Gasteiger partial charge in [0.1, 0.15) is 0 Å². The highest BCUT2D eigenvalue weighted by atomic mass is 79.9. The highest BCUT2D eigenvalue weighted by Gasteiger charge is 2.33. The van der Waals surface area contributed by atoms with Gasteiger partial charge in [0.15, 0.2) is 0 Å². The summed E-state index contributed by atoms with van der Waals surface area (Å²) < 4.78 is 0.973. The van der Waals surface area contributed by atoms with Gasteiger partial charge in [-0.25, -0.2) is 4.79 Å². The number of imide groups is 1. The number of urea groups is 1. The third-order valence-electron chi connectivity index (χ3n) is 5.04. The molecule has 1 aliphatic rings. The van der Waals surface area contributed by atoms with E-state index in [1.165, 1.54) is 11.3 Å². The summed E-state index contributed by atoms with van der Waals surface area (Å²) in [6.07, 6.45) is 1.65. The summed E-state index contributed by atoms with van der Waals surface area (Å²) in [6.45, 7) is 11.4. The average molecular weight is 459 g/mol. The second kappa shape index (κ2) is 10.6. The Hall–Kier alpha value is -2.14. The van der Waals surface area contributed by atoms with Crippen molar-refractivity contribution in [2.75, 3.05) is 11.4 Å². The Morgan fingerprint density at radius 3 is 2.21 bits per heavy atom. The molecular weight excluding hydrogens is 428 g/mol. The number of aryl methyl sites for hydroxylation is 2. The lowest BCUT2D eigenvalue weighted by Crippen LogP contribution is -2.52. The number of rotatable bonds is 4. The summed E-state index contributed by atoms with van der Waals surface area (Å²) in [5.74, 6) is 0.765. The molecule has 0 radical (unpaired) electrons. The molecule has 0 aliphatic carbocycles. The van der Waals surface area contributed by atoms with E-state index in [1.54, 1.807) is 4.90 Å². The van der Waals surface area contributed by atoms with Gasteiger partial charge in [-0.2, -0.15) is 0 Å². The zero-order valence-corrected chi connectivity index (χ0v) is 19.6. The lowest BCUT2D eigenvalue weighted by molar-refractivity contribution is -0.129. The van der Waals surface area contributed by atoms with Gasteiger partial charge < -0.3 is 0 Å². The molecule has 1 aliphatic heterocycles. The van der Waals surface area contributed by atoms with E-state index < -0.39 is 0 Å². The molecular formula is C24H31BrN2O2. The van der Waals surface area contributed by atoms with Gasteiger partial charge in [0, 0.05) is 23.1 Å². The minimum atomic E-state index is -0.253. The van der Waals surface area contributed by atoms with Crippen molar-refractivity contribution in [3.05, 3.63) is 63.6 Å². The molecule has 2 aromatic carbocycles. The monoisotopic (exact) mass is 458 g/mol. The Morgan fingerprint density at radius 1 is 1.03 bits per heavy atom. The van der Waals surface area contributed by atoms with E-state index in [0.29, 0.717) is 19.5 Å². The van der Waals surface area contributed by atoms with Crippen LogP contribution in [0, 0.1) is 19.8 Å². The van der Waals surface area contributed by atoms with Crippen LogP contribution in [0.5, 0.6) is 0 Å². The summed E-state index contributed by atoms with van der Waals surface area (Å²) in [6, 6.07) is 13.4. The molecule has 0 aromatic heterocycles. The van der Waals surface area contributed by atoms with Crippen molar-refractivity contribution in [2.24, 2.45) is 5.92 Å². The first-order valence-corrected chi connectivity index (χ1v) is 11.0. The maximum Gasteiger partial charge on any atom is 0.331 e. The molecule has 3 rings (SSSR count). The molecule has 2 aromatic rings. The Kier molecular flexibility index (Phi) is 8.45. The predicted molar refractivity (Wildman–Crippen MR) is 123 cm³/mol. The van der Waals surface area contributed by atoms with Crippen molar-refractivity contribution >= 4 is 33.6 Å². The van der Waals surface area contributed by atoms with Crippen LogP contribution in [0.25, 0.3) is 0 Å². The lowest BCUT2D eigenvalue weighted by atomic mass is 10.1. The number of nitrogens with zero attached hydrogens (tertiary/aromatic N) is 2. The zero-order chi connectivity index (χ0) is 21.6. The van der Waals surface area contributed by atoms with Gasteiger partial charge in [0.25, 0.3) is 0 Å². The van der Waals surface area contributed by atoms with Crippen molar-refractivity contribution in [1.29, 1.82) is 0 Å². The number of anilines is 1. The van der Waals surface area contributed by atoms with Gasteiger partial charge in [0.05, 0.1) is 6.54 Å². The Balaban J connectivity index is 0.000000537. The van der Waals surface area contributed by atoms with E-state index in [1.807, 2.05) is 56.3 Å². The Morgan fingerprint density at radius 2 is 1.66 bits per heavy atom. The van der Waals surface area contributed by atoms with Crippen molar-refractivity contribution < 1.29 is 9.59 Å². The second-order valence-corrected chi connectivity index (χ2v) is 8.80. The first-order chi connectivity index (χ1) is 13.7. The van der Waals surface area contributed by atoms with E-state index in [0.717, 1.165) is 32.8 Å². The maximum atomic E-state index is 12.9. The second-order valence-electron chi connectivity index (χ2n) is 7.88. The number of halogens is 1. The number of amides is 3. The molecule has 0 unspecified atom stereocenters. The van der Waals surface area contributed by atoms with Crippen LogP contribution in [0.4, 0.5) is 10.5 Å². The largest absolute Gasteiger partial charge is 0.331 e. The SMILES string of the molecule is CCC(C)C.Cc1ccc(CN2C(=O)CCN(c3ccc(Br)cc3C)C2=O)cc1. The van der Waals surface area contributed by atoms with Crippen molar-refractivity contribution in [3.63, 3.8) is 0 Å². The fraction of sp³-hybridized carbons (Fsp3) is 0.417.